The van der Waals surface area contributed by atoms with E-state index in [1.165, 1.54) is 0 Å². The van der Waals surface area contributed by atoms with Crippen LogP contribution in [0.5, 0.6) is 0 Å². The van der Waals surface area contributed by atoms with E-state index in [1.807, 2.05) is 0 Å². The molecule has 1 fully saturated rings. The van der Waals surface area contributed by atoms with Gasteiger partial charge in [-0.15, -0.1) is 0 Å². The highest BCUT2D eigenvalue weighted by Gasteiger charge is 2.27. The van der Waals surface area contributed by atoms with Crippen LogP contribution < -0.4 is 5.73 Å². The Kier molecular flexibility index (Phi) is 2.51. The van der Waals surface area contributed by atoms with Crippen molar-refractivity contribution >= 4 is 5.82 Å². The molecule has 0 spiro atoms. The van der Waals surface area contributed by atoms with Crippen LogP contribution >= 0.6 is 0 Å². The summed E-state index contributed by atoms with van der Waals surface area (Å²) in [7, 11) is 0. The van der Waals surface area contributed by atoms with Gasteiger partial charge >= 0.3 is 0 Å². The van der Waals surface area contributed by atoms with E-state index >= 15 is 0 Å². The number of nitrogen functional groups attached to an aromatic ring is 1. The topological polar surface area (TPSA) is 51.8 Å². The van der Waals surface area contributed by atoms with Crippen molar-refractivity contribution in [3.8, 4) is 11.4 Å². The van der Waals surface area contributed by atoms with Crippen molar-refractivity contribution in [2.24, 2.45) is 0 Å². The molecule has 0 amide bonds. The number of halogens is 1. The third kappa shape index (κ3) is 1.83. The highest BCUT2D eigenvalue weighted by molar-refractivity contribution is 5.60. The monoisotopic (exact) mass is 243 g/mol. The van der Waals surface area contributed by atoms with Gasteiger partial charge in [0.1, 0.15) is 11.6 Å². The molecule has 92 valence electrons. The summed E-state index contributed by atoms with van der Waals surface area (Å²) in [6, 6.07) is 5.19. The standard InChI is InChI=1S/C14H14FN3/c1-8-3-2-4-10(12(8)15)14-17-7-11(9-5-6-9)13(16)18-14/h2-4,7,9H,5-6H2,1H3,(H2,16,17,18). The van der Waals surface area contributed by atoms with Crippen LogP contribution in [0.1, 0.15) is 29.9 Å². The molecule has 0 radical (unpaired) electrons. The third-order valence-electron chi connectivity index (χ3n) is 3.30. The Labute approximate surface area is 105 Å². The van der Waals surface area contributed by atoms with Crippen LogP contribution in [0.25, 0.3) is 11.4 Å². The van der Waals surface area contributed by atoms with Crippen LogP contribution in [-0.2, 0) is 0 Å². The summed E-state index contributed by atoms with van der Waals surface area (Å²) in [6.45, 7) is 1.72. The van der Waals surface area contributed by atoms with Gasteiger partial charge in [0.15, 0.2) is 5.82 Å². The molecular weight excluding hydrogens is 229 g/mol. The predicted molar refractivity (Wildman–Crippen MR) is 68.6 cm³/mol. The summed E-state index contributed by atoms with van der Waals surface area (Å²) in [5, 5.41) is 0. The number of rotatable bonds is 2. The van der Waals surface area contributed by atoms with Gasteiger partial charge in [-0.3, -0.25) is 0 Å². The normalized spacial score (nSPS) is 14.8. The number of benzene rings is 1. The van der Waals surface area contributed by atoms with Gasteiger partial charge < -0.3 is 5.73 Å². The van der Waals surface area contributed by atoms with Gasteiger partial charge in [-0.05, 0) is 37.3 Å². The first kappa shape index (κ1) is 11.1. The van der Waals surface area contributed by atoms with Crippen molar-refractivity contribution in [2.45, 2.75) is 25.7 Å². The minimum absolute atomic E-state index is 0.281. The molecule has 3 rings (SSSR count). The van der Waals surface area contributed by atoms with E-state index in [0.717, 1.165) is 18.4 Å². The van der Waals surface area contributed by atoms with E-state index < -0.39 is 0 Å². The molecule has 1 aromatic carbocycles. The zero-order valence-corrected chi connectivity index (χ0v) is 10.2. The number of nitrogens with two attached hydrogens (primary N) is 1. The molecule has 1 saturated carbocycles. The van der Waals surface area contributed by atoms with Crippen LogP contribution in [0, 0.1) is 12.7 Å². The fourth-order valence-electron chi connectivity index (χ4n) is 2.06. The Morgan fingerprint density at radius 2 is 2.11 bits per heavy atom. The molecule has 1 aromatic heterocycles. The first-order valence-corrected chi connectivity index (χ1v) is 6.04. The molecule has 2 aromatic rings. The van der Waals surface area contributed by atoms with E-state index in [4.69, 9.17) is 5.73 Å². The highest BCUT2D eigenvalue weighted by Crippen LogP contribution is 2.42. The molecule has 1 aliphatic rings. The van der Waals surface area contributed by atoms with Gasteiger partial charge in [-0.25, -0.2) is 14.4 Å². The Hall–Kier alpha value is -1.97. The molecule has 0 unspecified atom stereocenters. The summed E-state index contributed by atoms with van der Waals surface area (Å²) >= 11 is 0. The molecule has 3 nitrogen and oxygen atoms in total. The predicted octanol–water partition coefficient (Wildman–Crippen LogP) is 3.05. The van der Waals surface area contributed by atoms with Gasteiger partial charge in [0.05, 0.1) is 5.56 Å². The van der Waals surface area contributed by atoms with Crippen LogP contribution in [0.3, 0.4) is 0 Å². The van der Waals surface area contributed by atoms with E-state index in [1.54, 1.807) is 31.3 Å². The number of aryl methyl sites for hydroxylation is 1. The largest absolute Gasteiger partial charge is 0.383 e. The molecule has 2 N–H and O–H groups in total. The van der Waals surface area contributed by atoms with Crippen LogP contribution in [0.2, 0.25) is 0 Å². The summed E-state index contributed by atoms with van der Waals surface area (Å²) in [5.41, 5.74) is 7.90. The molecule has 0 saturated heterocycles. The number of hydrogen-bond acceptors (Lipinski definition) is 3. The van der Waals surface area contributed by atoms with Crippen molar-refractivity contribution in [1.29, 1.82) is 0 Å². The fraction of sp³-hybridized carbons (Fsp3) is 0.286. The minimum atomic E-state index is -0.281. The van der Waals surface area contributed by atoms with Crippen LogP contribution in [-0.4, -0.2) is 9.97 Å². The second-order valence-electron chi connectivity index (χ2n) is 4.74. The quantitative estimate of drug-likeness (QED) is 0.882. The Morgan fingerprint density at radius 1 is 1.33 bits per heavy atom. The maximum absolute atomic E-state index is 14.0. The summed E-state index contributed by atoms with van der Waals surface area (Å²) in [5.74, 6) is 1.05. The number of hydrogen-bond donors (Lipinski definition) is 1. The van der Waals surface area contributed by atoms with Gasteiger partial charge in [-0.1, -0.05) is 12.1 Å². The molecule has 0 atom stereocenters. The number of aromatic nitrogens is 2. The Morgan fingerprint density at radius 3 is 2.78 bits per heavy atom. The first-order valence-electron chi connectivity index (χ1n) is 6.04. The maximum Gasteiger partial charge on any atom is 0.164 e. The zero-order valence-electron chi connectivity index (χ0n) is 10.2. The zero-order chi connectivity index (χ0) is 12.7. The molecule has 0 bridgehead atoms. The lowest BCUT2D eigenvalue weighted by Crippen LogP contribution is -2.01. The van der Waals surface area contributed by atoms with Gasteiger partial charge in [-0.2, -0.15) is 0 Å². The highest BCUT2D eigenvalue weighted by atomic mass is 19.1. The smallest absolute Gasteiger partial charge is 0.164 e. The molecule has 4 heteroatoms. The van der Waals surface area contributed by atoms with Gasteiger partial charge in [0.25, 0.3) is 0 Å². The molecule has 1 heterocycles. The summed E-state index contributed by atoms with van der Waals surface area (Å²) < 4.78 is 14.0. The minimum Gasteiger partial charge on any atom is -0.383 e. The first-order chi connectivity index (χ1) is 8.66. The van der Waals surface area contributed by atoms with Crippen molar-refractivity contribution in [2.75, 3.05) is 5.73 Å². The Balaban J connectivity index is 2.06. The van der Waals surface area contributed by atoms with E-state index in [0.29, 0.717) is 28.7 Å². The van der Waals surface area contributed by atoms with Crippen LogP contribution in [0.15, 0.2) is 24.4 Å². The van der Waals surface area contributed by atoms with Crippen molar-refractivity contribution in [1.82, 2.24) is 9.97 Å². The van der Waals surface area contributed by atoms with Crippen molar-refractivity contribution in [3.63, 3.8) is 0 Å². The lowest BCUT2D eigenvalue weighted by Gasteiger charge is -2.07. The second kappa shape index (κ2) is 4.05. The fourth-order valence-corrected chi connectivity index (χ4v) is 2.06. The summed E-state index contributed by atoms with van der Waals surface area (Å²) in [6.07, 6.45) is 4.02. The molecule has 0 aliphatic heterocycles. The van der Waals surface area contributed by atoms with E-state index in [2.05, 4.69) is 9.97 Å². The van der Waals surface area contributed by atoms with Gasteiger partial charge in [0.2, 0.25) is 0 Å². The number of anilines is 1. The van der Waals surface area contributed by atoms with E-state index in [-0.39, 0.29) is 5.82 Å². The molecule has 18 heavy (non-hydrogen) atoms. The molecule has 1 aliphatic carbocycles. The van der Waals surface area contributed by atoms with Crippen molar-refractivity contribution < 1.29 is 4.39 Å². The SMILES string of the molecule is Cc1cccc(-c2ncc(C3CC3)c(N)n2)c1F. The van der Waals surface area contributed by atoms with Crippen LogP contribution in [0.4, 0.5) is 10.2 Å². The molecular formula is C14H14FN3. The van der Waals surface area contributed by atoms with Crippen molar-refractivity contribution in [3.05, 3.63) is 41.3 Å². The third-order valence-corrected chi connectivity index (χ3v) is 3.30. The summed E-state index contributed by atoms with van der Waals surface area (Å²) in [4.78, 5) is 8.48. The number of nitrogens with zero attached hydrogens (tertiary/aromatic N) is 2. The van der Waals surface area contributed by atoms with E-state index in [9.17, 15) is 4.39 Å². The Bertz CT molecular complexity index is 606. The maximum atomic E-state index is 14.0. The average molecular weight is 243 g/mol. The second-order valence-corrected chi connectivity index (χ2v) is 4.74. The lowest BCUT2D eigenvalue weighted by molar-refractivity contribution is 0.620. The lowest BCUT2D eigenvalue weighted by atomic mass is 10.1. The van der Waals surface area contributed by atoms with Gasteiger partial charge in [0, 0.05) is 11.8 Å². The average Bonchev–Trinajstić information content (AvgIpc) is 3.17.